The predicted molar refractivity (Wildman–Crippen MR) is 99.1 cm³/mol. The van der Waals surface area contributed by atoms with Crippen LogP contribution in [0.1, 0.15) is 18.4 Å². The van der Waals surface area contributed by atoms with E-state index >= 15 is 0 Å². The second-order valence-electron chi connectivity index (χ2n) is 5.89. The number of carbonyl (C=O) groups excluding carboxylic acids is 2. The zero-order valence-electron chi connectivity index (χ0n) is 13.7. The smallest absolute Gasteiger partial charge is 0.410 e. The van der Waals surface area contributed by atoms with Gasteiger partial charge in [-0.05, 0) is 36.6 Å². The molecule has 3 rings (SSSR count). The van der Waals surface area contributed by atoms with E-state index in [-0.39, 0.29) is 12.5 Å². The van der Waals surface area contributed by atoms with E-state index in [0.717, 1.165) is 16.5 Å². The Labute approximate surface area is 155 Å². The third kappa shape index (κ3) is 4.60. The number of nitrogens with one attached hydrogen (secondary N) is 1. The summed E-state index contributed by atoms with van der Waals surface area (Å²) in [6.45, 7) is 0.736. The fourth-order valence-corrected chi connectivity index (χ4v) is 3.25. The molecular weight excluding hydrogens is 384 g/mol. The summed E-state index contributed by atoms with van der Waals surface area (Å²) in [7, 11) is 0. The molecule has 0 spiro atoms. The molecule has 1 aliphatic heterocycles. The first-order valence-electron chi connectivity index (χ1n) is 8.17. The largest absolute Gasteiger partial charge is 0.445 e. The van der Waals surface area contributed by atoms with Gasteiger partial charge in [0.1, 0.15) is 12.6 Å². The van der Waals surface area contributed by atoms with Crippen molar-refractivity contribution in [2.45, 2.75) is 25.5 Å². The molecule has 130 valence electrons. The van der Waals surface area contributed by atoms with Gasteiger partial charge in [-0.2, -0.15) is 0 Å². The van der Waals surface area contributed by atoms with Crippen molar-refractivity contribution in [3.05, 3.63) is 64.6 Å². The average molecular weight is 403 g/mol. The van der Waals surface area contributed by atoms with Crippen molar-refractivity contribution in [2.75, 3.05) is 11.9 Å². The summed E-state index contributed by atoms with van der Waals surface area (Å²) in [5.41, 5.74) is 1.62. The zero-order chi connectivity index (χ0) is 17.6. The van der Waals surface area contributed by atoms with Gasteiger partial charge in [0.05, 0.1) is 0 Å². The second kappa shape index (κ2) is 8.16. The minimum absolute atomic E-state index is 0.188. The van der Waals surface area contributed by atoms with Gasteiger partial charge >= 0.3 is 6.09 Å². The van der Waals surface area contributed by atoms with Gasteiger partial charge in [0.15, 0.2) is 0 Å². The molecule has 0 unspecified atom stereocenters. The Morgan fingerprint density at radius 3 is 2.72 bits per heavy atom. The van der Waals surface area contributed by atoms with Crippen LogP contribution in [-0.2, 0) is 16.1 Å². The number of carbonyl (C=O) groups is 2. The van der Waals surface area contributed by atoms with Gasteiger partial charge in [0.2, 0.25) is 5.91 Å². The monoisotopic (exact) mass is 402 g/mol. The number of hydrogen-bond acceptors (Lipinski definition) is 3. The van der Waals surface area contributed by atoms with Gasteiger partial charge in [0, 0.05) is 16.7 Å². The van der Waals surface area contributed by atoms with Gasteiger partial charge in [-0.25, -0.2) is 4.79 Å². The molecule has 1 heterocycles. The van der Waals surface area contributed by atoms with E-state index in [9.17, 15) is 9.59 Å². The van der Waals surface area contributed by atoms with Crippen molar-refractivity contribution in [1.29, 1.82) is 0 Å². The van der Waals surface area contributed by atoms with Crippen molar-refractivity contribution in [1.82, 2.24) is 4.90 Å². The topological polar surface area (TPSA) is 58.6 Å². The molecule has 0 aliphatic carbocycles. The van der Waals surface area contributed by atoms with Crippen molar-refractivity contribution < 1.29 is 14.3 Å². The lowest BCUT2D eigenvalue weighted by atomic mass is 10.2. The van der Waals surface area contributed by atoms with E-state index in [1.165, 1.54) is 4.90 Å². The molecule has 5 nitrogen and oxygen atoms in total. The number of anilines is 1. The van der Waals surface area contributed by atoms with E-state index in [4.69, 9.17) is 4.74 Å². The Balaban J connectivity index is 1.59. The van der Waals surface area contributed by atoms with Crippen LogP contribution in [0.5, 0.6) is 0 Å². The number of nitrogens with zero attached hydrogens (tertiary/aromatic N) is 1. The van der Waals surface area contributed by atoms with E-state index < -0.39 is 12.1 Å². The number of halogens is 1. The minimum Gasteiger partial charge on any atom is -0.445 e. The molecule has 0 saturated carbocycles. The fourth-order valence-electron chi connectivity index (χ4n) is 2.85. The van der Waals surface area contributed by atoms with E-state index in [1.807, 2.05) is 54.6 Å². The SMILES string of the molecule is O=C(Nc1cccc(Br)c1)[C@@H]1CCCN1C(=O)OCc1ccccc1. The molecule has 1 saturated heterocycles. The summed E-state index contributed by atoms with van der Waals surface area (Å²) in [5.74, 6) is -0.188. The van der Waals surface area contributed by atoms with Crippen LogP contribution in [0.3, 0.4) is 0 Å². The molecule has 2 aromatic carbocycles. The standard InChI is InChI=1S/C19H19BrN2O3/c20-15-8-4-9-16(12-15)21-18(23)17-10-5-11-22(17)19(24)25-13-14-6-2-1-3-7-14/h1-4,6-9,12,17H,5,10-11,13H2,(H,21,23)/t17-/m0/s1. The predicted octanol–water partition coefficient (Wildman–Crippen LogP) is 4.19. The fraction of sp³-hybridized carbons (Fsp3) is 0.263. The Kier molecular flexibility index (Phi) is 5.71. The van der Waals surface area contributed by atoms with Crippen LogP contribution in [-0.4, -0.2) is 29.5 Å². The van der Waals surface area contributed by atoms with Gasteiger partial charge in [-0.1, -0.05) is 52.3 Å². The van der Waals surface area contributed by atoms with E-state index in [2.05, 4.69) is 21.2 Å². The van der Waals surface area contributed by atoms with Crippen LogP contribution in [0.2, 0.25) is 0 Å². The lowest BCUT2D eigenvalue weighted by Gasteiger charge is -2.23. The summed E-state index contributed by atoms with van der Waals surface area (Å²) in [4.78, 5) is 26.4. The van der Waals surface area contributed by atoms with Crippen molar-refractivity contribution in [3.8, 4) is 0 Å². The maximum atomic E-state index is 12.5. The second-order valence-corrected chi connectivity index (χ2v) is 6.81. The molecule has 1 atom stereocenters. The lowest BCUT2D eigenvalue weighted by Crippen LogP contribution is -2.43. The molecular formula is C19H19BrN2O3. The average Bonchev–Trinajstić information content (AvgIpc) is 3.10. The van der Waals surface area contributed by atoms with Crippen LogP contribution in [0.15, 0.2) is 59.1 Å². The van der Waals surface area contributed by atoms with Gasteiger partial charge < -0.3 is 10.1 Å². The van der Waals surface area contributed by atoms with Crippen LogP contribution in [0, 0.1) is 0 Å². The molecule has 1 fully saturated rings. The normalized spacial score (nSPS) is 16.5. The van der Waals surface area contributed by atoms with Crippen LogP contribution in [0.25, 0.3) is 0 Å². The highest BCUT2D eigenvalue weighted by Gasteiger charge is 2.35. The number of hydrogen-bond donors (Lipinski definition) is 1. The number of benzene rings is 2. The van der Waals surface area contributed by atoms with Crippen molar-refractivity contribution in [2.24, 2.45) is 0 Å². The van der Waals surface area contributed by atoms with Crippen LogP contribution < -0.4 is 5.32 Å². The molecule has 1 aliphatic rings. The molecule has 1 N–H and O–H groups in total. The Bertz CT molecular complexity index is 751. The first kappa shape index (κ1) is 17.5. The first-order chi connectivity index (χ1) is 12.1. The Morgan fingerprint density at radius 2 is 1.96 bits per heavy atom. The number of ether oxygens (including phenoxy) is 1. The zero-order valence-corrected chi connectivity index (χ0v) is 15.2. The summed E-state index contributed by atoms with van der Waals surface area (Å²) >= 11 is 3.38. The molecule has 25 heavy (non-hydrogen) atoms. The van der Waals surface area contributed by atoms with Gasteiger partial charge in [-0.3, -0.25) is 9.69 Å². The number of rotatable bonds is 4. The summed E-state index contributed by atoms with van der Waals surface area (Å²) in [5, 5.41) is 2.86. The molecule has 0 radical (unpaired) electrons. The molecule has 0 bridgehead atoms. The molecule has 0 aromatic heterocycles. The Hall–Kier alpha value is -2.34. The van der Waals surface area contributed by atoms with Crippen molar-refractivity contribution in [3.63, 3.8) is 0 Å². The summed E-state index contributed by atoms with van der Waals surface area (Å²) in [6.07, 6.45) is 0.979. The first-order valence-corrected chi connectivity index (χ1v) is 8.96. The number of amides is 2. The third-order valence-electron chi connectivity index (χ3n) is 4.09. The van der Waals surface area contributed by atoms with E-state index in [0.29, 0.717) is 18.7 Å². The minimum atomic E-state index is -0.498. The Morgan fingerprint density at radius 1 is 1.16 bits per heavy atom. The van der Waals surface area contributed by atoms with Crippen LogP contribution in [0.4, 0.5) is 10.5 Å². The summed E-state index contributed by atoms with van der Waals surface area (Å²) in [6, 6.07) is 16.4. The summed E-state index contributed by atoms with van der Waals surface area (Å²) < 4.78 is 6.25. The molecule has 6 heteroatoms. The third-order valence-corrected chi connectivity index (χ3v) is 4.58. The van der Waals surface area contributed by atoms with Gasteiger partial charge in [-0.15, -0.1) is 0 Å². The maximum absolute atomic E-state index is 12.5. The maximum Gasteiger partial charge on any atom is 0.410 e. The highest BCUT2D eigenvalue weighted by atomic mass is 79.9. The van der Waals surface area contributed by atoms with Crippen LogP contribution >= 0.6 is 15.9 Å². The van der Waals surface area contributed by atoms with E-state index in [1.54, 1.807) is 0 Å². The van der Waals surface area contributed by atoms with Crippen molar-refractivity contribution >= 4 is 33.6 Å². The highest BCUT2D eigenvalue weighted by molar-refractivity contribution is 9.10. The molecule has 2 amide bonds. The van der Waals surface area contributed by atoms with Gasteiger partial charge in [0.25, 0.3) is 0 Å². The highest BCUT2D eigenvalue weighted by Crippen LogP contribution is 2.22. The number of likely N-dealkylation sites (tertiary alicyclic amines) is 1. The lowest BCUT2D eigenvalue weighted by molar-refractivity contribution is -0.120. The quantitative estimate of drug-likeness (QED) is 0.833. The molecule has 2 aromatic rings.